The second-order valence-corrected chi connectivity index (χ2v) is 10.3. The Hall–Kier alpha value is -4.17. The summed E-state index contributed by atoms with van der Waals surface area (Å²) >= 11 is 0. The van der Waals surface area contributed by atoms with E-state index in [9.17, 15) is 13.2 Å². The van der Waals surface area contributed by atoms with E-state index < -0.39 is 22.5 Å². The van der Waals surface area contributed by atoms with Crippen LogP contribution in [0.4, 0.5) is 5.69 Å². The largest absolute Gasteiger partial charge is 0.318 e. The molecule has 0 bridgehead atoms. The van der Waals surface area contributed by atoms with Gasteiger partial charge < -0.3 is 4.57 Å². The van der Waals surface area contributed by atoms with Gasteiger partial charge in [-0.25, -0.2) is 13.8 Å². The number of hydrazone groups is 1. The molecule has 36 heavy (non-hydrogen) atoms. The number of nitrogens with one attached hydrogen (secondary N) is 1. The van der Waals surface area contributed by atoms with Crippen molar-refractivity contribution in [1.82, 2.24) is 9.99 Å². The van der Waals surface area contributed by atoms with Gasteiger partial charge in [0.25, 0.3) is 15.9 Å². The number of rotatable bonds is 8. The normalized spacial score (nSPS) is 11.5. The van der Waals surface area contributed by atoms with Gasteiger partial charge in [0.1, 0.15) is 6.54 Å². The Morgan fingerprint density at radius 1 is 0.917 bits per heavy atom. The zero-order chi connectivity index (χ0) is 25.7. The first kappa shape index (κ1) is 24.9. The van der Waals surface area contributed by atoms with Crippen LogP contribution in [0.1, 0.15) is 22.5 Å². The summed E-state index contributed by atoms with van der Waals surface area (Å²) in [6.45, 7) is 5.38. The molecule has 1 amide bonds. The number of sulfonamides is 1. The number of para-hydroxylation sites is 2. The minimum atomic E-state index is -3.97. The summed E-state index contributed by atoms with van der Waals surface area (Å²) in [5, 5.41) is 4.12. The molecule has 1 aromatic heterocycles. The van der Waals surface area contributed by atoms with Crippen molar-refractivity contribution in [3.63, 3.8) is 0 Å². The number of nitrogens with zero attached hydrogens (tertiary/aromatic N) is 3. The van der Waals surface area contributed by atoms with Gasteiger partial charge in [-0.1, -0.05) is 54.6 Å². The van der Waals surface area contributed by atoms with Crippen LogP contribution < -0.4 is 9.73 Å². The third-order valence-corrected chi connectivity index (χ3v) is 7.65. The van der Waals surface area contributed by atoms with Gasteiger partial charge in [-0.3, -0.25) is 9.10 Å². The first-order valence-corrected chi connectivity index (χ1v) is 12.9. The molecule has 1 heterocycles. The molecule has 0 aliphatic rings. The van der Waals surface area contributed by atoms with E-state index in [4.69, 9.17) is 0 Å². The number of benzene rings is 3. The average Bonchev–Trinajstić information content (AvgIpc) is 3.16. The van der Waals surface area contributed by atoms with Crippen LogP contribution >= 0.6 is 0 Å². The lowest BCUT2D eigenvalue weighted by atomic mass is 10.2. The van der Waals surface area contributed by atoms with E-state index in [1.54, 1.807) is 49.5 Å². The molecule has 0 spiro atoms. The Balaban J connectivity index is 1.55. The average molecular weight is 501 g/mol. The van der Waals surface area contributed by atoms with E-state index in [1.807, 2.05) is 56.3 Å². The summed E-state index contributed by atoms with van der Waals surface area (Å²) < 4.78 is 30.1. The van der Waals surface area contributed by atoms with Crippen molar-refractivity contribution in [1.29, 1.82) is 0 Å². The number of hydrogen-bond acceptors (Lipinski definition) is 4. The highest BCUT2D eigenvalue weighted by Gasteiger charge is 2.28. The standard InChI is InChI=1S/C28H28N4O3S/c1-21-12-10-11-17-27(21)31(36(34,35)26-15-8-5-9-16-26)20-28(33)30-29-19-24-18-22(2)32(23(24)3)25-13-6-4-7-14-25/h4-19H,20H2,1-3H3,(H,30,33)/b29-19-. The molecule has 0 saturated carbocycles. The minimum Gasteiger partial charge on any atom is -0.318 e. The van der Waals surface area contributed by atoms with Crippen LogP contribution in [0.5, 0.6) is 0 Å². The lowest BCUT2D eigenvalue weighted by molar-refractivity contribution is -0.119. The molecule has 0 fully saturated rings. The van der Waals surface area contributed by atoms with Crippen LogP contribution in [-0.4, -0.2) is 31.7 Å². The fourth-order valence-corrected chi connectivity index (χ4v) is 5.60. The van der Waals surface area contributed by atoms with Crippen molar-refractivity contribution >= 4 is 27.8 Å². The number of aryl methyl sites for hydroxylation is 2. The molecule has 1 N–H and O–H groups in total. The predicted molar refractivity (Wildman–Crippen MR) is 143 cm³/mol. The number of carbonyl (C=O) groups is 1. The Bertz CT molecular complexity index is 1490. The van der Waals surface area contributed by atoms with E-state index in [0.717, 1.165) is 32.5 Å². The van der Waals surface area contributed by atoms with Crippen molar-refractivity contribution in [3.8, 4) is 5.69 Å². The molecule has 0 aliphatic heterocycles. The van der Waals surface area contributed by atoms with Crippen LogP contribution in [0.3, 0.4) is 0 Å². The van der Waals surface area contributed by atoms with Gasteiger partial charge in [0.05, 0.1) is 16.8 Å². The Labute approximate surface area is 211 Å². The molecular weight excluding hydrogens is 472 g/mol. The minimum absolute atomic E-state index is 0.109. The zero-order valence-corrected chi connectivity index (χ0v) is 21.2. The molecule has 7 nitrogen and oxygen atoms in total. The van der Waals surface area contributed by atoms with Gasteiger partial charge in [0.2, 0.25) is 0 Å². The van der Waals surface area contributed by atoms with Crippen molar-refractivity contribution in [2.75, 3.05) is 10.8 Å². The fraction of sp³-hybridized carbons (Fsp3) is 0.143. The number of hydrogen-bond donors (Lipinski definition) is 1. The van der Waals surface area contributed by atoms with Crippen LogP contribution in [0.25, 0.3) is 5.69 Å². The zero-order valence-electron chi connectivity index (χ0n) is 20.4. The maximum Gasteiger partial charge on any atom is 0.264 e. The van der Waals surface area contributed by atoms with Gasteiger partial charge in [0.15, 0.2) is 0 Å². The van der Waals surface area contributed by atoms with Crippen LogP contribution in [-0.2, 0) is 14.8 Å². The lowest BCUT2D eigenvalue weighted by Crippen LogP contribution is -2.40. The van der Waals surface area contributed by atoms with Gasteiger partial charge in [-0.2, -0.15) is 5.10 Å². The smallest absolute Gasteiger partial charge is 0.264 e. The van der Waals surface area contributed by atoms with Crippen molar-refractivity contribution in [3.05, 3.63) is 114 Å². The summed E-state index contributed by atoms with van der Waals surface area (Å²) in [4.78, 5) is 13.0. The van der Waals surface area contributed by atoms with E-state index >= 15 is 0 Å². The van der Waals surface area contributed by atoms with Crippen LogP contribution in [0.15, 0.2) is 101 Å². The SMILES string of the molecule is Cc1ccccc1N(CC(=O)N/N=C\c1cc(C)n(-c2ccccc2)c1C)S(=O)(=O)c1ccccc1. The van der Waals surface area contributed by atoms with Crippen LogP contribution in [0, 0.1) is 20.8 Å². The molecule has 4 rings (SSSR count). The van der Waals surface area contributed by atoms with E-state index in [0.29, 0.717) is 5.69 Å². The van der Waals surface area contributed by atoms with E-state index in [1.165, 1.54) is 12.1 Å². The first-order chi connectivity index (χ1) is 17.3. The molecule has 3 aromatic carbocycles. The highest BCUT2D eigenvalue weighted by atomic mass is 32.2. The molecule has 0 aliphatic carbocycles. The summed E-state index contributed by atoms with van der Waals surface area (Å²) in [6, 6.07) is 27.1. The molecule has 4 aromatic rings. The third-order valence-electron chi connectivity index (χ3n) is 5.88. The molecule has 0 saturated heterocycles. The Kier molecular flexibility index (Phi) is 7.36. The Morgan fingerprint density at radius 2 is 1.53 bits per heavy atom. The number of carbonyl (C=O) groups excluding carboxylic acids is 1. The quantitative estimate of drug-likeness (QED) is 0.280. The van der Waals surface area contributed by atoms with Gasteiger partial charge >= 0.3 is 0 Å². The third kappa shape index (κ3) is 5.23. The molecule has 184 valence electrons. The second kappa shape index (κ2) is 10.6. The molecule has 0 unspecified atom stereocenters. The molecule has 0 atom stereocenters. The monoisotopic (exact) mass is 500 g/mol. The Morgan fingerprint density at radius 3 is 2.19 bits per heavy atom. The van der Waals surface area contributed by atoms with Gasteiger partial charge in [0, 0.05) is 22.6 Å². The number of anilines is 1. The molecule has 8 heteroatoms. The van der Waals surface area contributed by atoms with Crippen molar-refractivity contribution in [2.45, 2.75) is 25.7 Å². The summed E-state index contributed by atoms with van der Waals surface area (Å²) in [6.07, 6.45) is 1.57. The summed E-state index contributed by atoms with van der Waals surface area (Å²) in [5.41, 5.74) is 7.56. The summed E-state index contributed by atoms with van der Waals surface area (Å²) in [7, 11) is -3.97. The highest BCUT2D eigenvalue weighted by molar-refractivity contribution is 7.92. The highest BCUT2D eigenvalue weighted by Crippen LogP contribution is 2.26. The van der Waals surface area contributed by atoms with Crippen LogP contribution in [0.2, 0.25) is 0 Å². The van der Waals surface area contributed by atoms with Gasteiger partial charge in [-0.15, -0.1) is 0 Å². The number of amides is 1. The lowest BCUT2D eigenvalue weighted by Gasteiger charge is -2.25. The van der Waals surface area contributed by atoms with E-state index in [2.05, 4.69) is 15.1 Å². The summed E-state index contributed by atoms with van der Waals surface area (Å²) in [5.74, 6) is -0.550. The predicted octanol–water partition coefficient (Wildman–Crippen LogP) is 4.75. The first-order valence-electron chi connectivity index (χ1n) is 11.5. The fourth-order valence-electron chi connectivity index (χ4n) is 4.09. The van der Waals surface area contributed by atoms with Crippen molar-refractivity contribution < 1.29 is 13.2 Å². The maximum atomic E-state index is 13.4. The second-order valence-electron chi connectivity index (χ2n) is 8.40. The van der Waals surface area contributed by atoms with Gasteiger partial charge in [-0.05, 0) is 62.7 Å². The molecular formula is C28H28N4O3S. The van der Waals surface area contributed by atoms with Crippen molar-refractivity contribution in [2.24, 2.45) is 5.10 Å². The topological polar surface area (TPSA) is 83.8 Å². The molecule has 0 radical (unpaired) electrons. The number of aromatic nitrogens is 1. The maximum absolute atomic E-state index is 13.4. The van der Waals surface area contributed by atoms with E-state index in [-0.39, 0.29) is 4.90 Å².